The van der Waals surface area contributed by atoms with Crippen LogP contribution in [0.3, 0.4) is 0 Å². The van der Waals surface area contributed by atoms with Gasteiger partial charge in [0.05, 0.1) is 7.11 Å². The Morgan fingerprint density at radius 2 is 1.68 bits per heavy atom. The number of nitrogens with zero attached hydrogens (tertiary/aromatic N) is 2. The second-order valence-corrected chi connectivity index (χ2v) is 6.55. The second kappa shape index (κ2) is 8.00. The molecular formula is C22H22N2O4. The lowest BCUT2D eigenvalue weighted by Crippen LogP contribution is -2.22. The number of carbonyl (C=O) groups is 2. The number of rotatable bonds is 6. The van der Waals surface area contributed by atoms with Gasteiger partial charge in [-0.25, -0.2) is 0 Å². The van der Waals surface area contributed by atoms with Gasteiger partial charge in [0.25, 0.3) is 5.91 Å². The molecule has 0 radical (unpaired) electrons. The van der Waals surface area contributed by atoms with Crippen LogP contribution in [0.15, 0.2) is 59.0 Å². The molecule has 2 aromatic carbocycles. The highest BCUT2D eigenvalue weighted by molar-refractivity contribution is 5.96. The number of furan rings is 1. The summed E-state index contributed by atoms with van der Waals surface area (Å²) in [5.74, 6) is 1.42. The number of hydrogen-bond acceptors (Lipinski definition) is 5. The Hall–Kier alpha value is -3.54. The normalized spacial score (nSPS) is 10.4. The molecule has 0 saturated carbocycles. The van der Waals surface area contributed by atoms with Gasteiger partial charge in [-0.2, -0.15) is 0 Å². The largest absolute Gasteiger partial charge is 0.497 e. The zero-order chi connectivity index (χ0) is 20.3. The predicted octanol–water partition coefficient (Wildman–Crippen LogP) is 4.24. The summed E-state index contributed by atoms with van der Waals surface area (Å²) in [6.45, 7) is 0. The third-order valence-electron chi connectivity index (χ3n) is 4.45. The molecule has 3 aromatic rings. The van der Waals surface area contributed by atoms with E-state index in [1.807, 2.05) is 48.3 Å². The van der Waals surface area contributed by atoms with Gasteiger partial charge in [-0.3, -0.25) is 9.59 Å². The maximum absolute atomic E-state index is 12.6. The minimum atomic E-state index is -0.117. The highest BCUT2D eigenvalue weighted by atomic mass is 16.5. The molecule has 0 saturated heterocycles. The van der Waals surface area contributed by atoms with Crippen LogP contribution in [0.2, 0.25) is 0 Å². The summed E-state index contributed by atoms with van der Waals surface area (Å²) in [7, 11) is 6.96. The lowest BCUT2D eigenvalue weighted by molar-refractivity contribution is 0.0827. The van der Waals surface area contributed by atoms with Crippen molar-refractivity contribution in [2.24, 2.45) is 0 Å². The van der Waals surface area contributed by atoms with Gasteiger partial charge in [-0.1, -0.05) is 0 Å². The minimum absolute atomic E-state index is 0.117. The Bertz CT molecular complexity index is 990. The van der Waals surface area contributed by atoms with Crippen LogP contribution in [-0.4, -0.2) is 45.3 Å². The number of hydrogen-bond donors (Lipinski definition) is 0. The van der Waals surface area contributed by atoms with Crippen LogP contribution in [0.4, 0.5) is 11.4 Å². The highest BCUT2D eigenvalue weighted by Gasteiger charge is 2.16. The molecule has 0 N–H and O–H groups in total. The third-order valence-corrected chi connectivity index (χ3v) is 4.45. The second-order valence-electron chi connectivity index (χ2n) is 6.55. The summed E-state index contributed by atoms with van der Waals surface area (Å²) in [5, 5.41) is 0. The van der Waals surface area contributed by atoms with Crippen LogP contribution in [0.5, 0.6) is 5.75 Å². The first-order valence-corrected chi connectivity index (χ1v) is 8.73. The zero-order valence-electron chi connectivity index (χ0n) is 16.3. The van der Waals surface area contributed by atoms with Gasteiger partial charge in [0.15, 0.2) is 12.0 Å². The number of ether oxygens (including phenoxy) is 1. The van der Waals surface area contributed by atoms with Crippen molar-refractivity contribution >= 4 is 23.6 Å². The van der Waals surface area contributed by atoms with Crippen LogP contribution in [0.25, 0.3) is 11.3 Å². The van der Waals surface area contributed by atoms with Crippen molar-refractivity contribution in [1.82, 2.24) is 4.90 Å². The molecule has 0 spiro atoms. The number of methoxy groups -OCH3 is 1. The molecule has 1 amide bonds. The first-order chi connectivity index (χ1) is 13.4. The Labute approximate surface area is 163 Å². The molecule has 6 nitrogen and oxygen atoms in total. The van der Waals surface area contributed by atoms with E-state index in [2.05, 4.69) is 0 Å². The van der Waals surface area contributed by atoms with E-state index in [-0.39, 0.29) is 11.7 Å². The first-order valence-electron chi connectivity index (χ1n) is 8.73. The fourth-order valence-corrected chi connectivity index (χ4v) is 2.85. The molecule has 0 bridgehead atoms. The topological polar surface area (TPSA) is 63.0 Å². The van der Waals surface area contributed by atoms with Crippen molar-refractivity contribution in [2.45, 2.75) is 0 Å². The van der Waals surface area contributed by atoms with Crippen LogP contribution < -0.4 is 9.64 Å². The van der Waals surface area contributed by atoms with E-state index in [1.165, 1.54) is 4.90 Å². The van der Waals surface area contributed by atoms with Gasteiger partial charge in [0, 0.05) is 43.6 Å². The van der Waals surface area contributed by atoms with Crippen molar-refractivity contribution in [3.05, 3.63) is 65.9 Å². The van der Waals surface area contributed by atoms with Gasteiger partial charge >= 0.3 is 0 Å². The lowest BCUT2D eigenvalue weighted by atomic mass is 10.1. The van der Waals surface area contributed by atoms with Gasteiger partial charge < -0.3 is 19.0 Å². The number of aldehydes is 1. The monoisotopic (exact) mass is 378 g/mol. The van der Waals surface area contributed by atoms with Crippen molar-refractivity contribution < 1.29 is 18.7 Å². The van der Waals surface area contributed by atoms with Crippen LogP contribution in [0, 0.1) is 0 Å². The summed E-state index contributed by atoms with van der Waals surface area (Å²) >= 11 is 0. The van der Waals surface area contributed by atoms with E-state index >= 15 is 0 Å². The summed E-state index contributed by atoms with van der Waals surface area (Å²) < 4.78 is 10.8. The van der Waals surface area contributed by atoms with Crippen molar-refractivity contribution in [3.8, 4) is 17.1 Å². The smallest absolute Gasteiger partial charge is 0.253 e. The van der Waals surface area contributed by atoms with E-state index < -0.39 is 0 Å². The van der Waals surface area contributed by atoms with E-state index in [1.54, 1.807) is 39.4 Å². The molecule has 3 rings (SSSR count). The number of amides is 1. The summed E-state index contributed by atoms with van der Waals surface area (Å²) in [5.41, 5.74) is 3.00. The lowest BCUT2D eigenvalue weighted by Gasteiger charge is -2.22. The molecule has 6 heteroatoms. The predicted molar refractivity (Wildman–Crippen MR) is 109 cm³/mol. The van der Waals surface area contributed by atoms with Gasteiger partial charge in [0.1, 0.15) is 11.5 Å². The molecule has 0 aliphatic heterocycles. The summed E-state index contributed by atoms with van der Waals surface area (Å²) in [4.78, 5) is 27.0. The molecule has 0 atom stereocenters. The van der Waals surface area contributed by atoms with Gasteiger partial charge in [-0.15, -0.1) is 0 Å². The molecule has 1 aromatic heterocycles. The Balaban J connectivity index is 2.07. The Morgan fingerprint density at radius 1 is 0.964 bits per heavy atom. The van der Waals surface area contributed by atoms with Crippen LogP contribution >= 0.6 is 0 Å². The average Bonchev–Trinajstić information content (AvgIpc) is 3.21. The fraction of sp³-hybridized carbons (Fsp3) is 0.182. The molecule has 144 valence electrons. The molecule has 1 heterocycles. The van der Waals surface area contributed by atoms with Crippen LogP contribution in [-0.2, 0) is 0 Å². The minimum Gasteiger partial charge on any atom is -0.497 e. The number of benzene rings is 2. The maximum Gasteiger partial charge on any atom is 0.253 e. The first kappa shape index (κ1) is 19.2. The Kier molecular flexibility index (Phi) is 5.49. The summed E-state index contributed by atoms with van der Waals surface area (Å²) in [6, 6.07) is 16.5. The van der Waals surface area contributed by atoms with E-state index in [0.717, 1.165) is 22.7 Å². The van der Waals surface area contributed by atoms with E-state index in [9.17, 15) is 9.59 Å². The molecule has 0 fully saturated rings. The molecule has 0 aliphatic carbocycles. The summed E-state index contributed by atoms with van der Waals surface area (Å²) in [6.07, 6.45) is 0.655. The van der Waals surface area contributed by atoms with E-state index in [0.29, 0.717) is 17.6 Å². The third kappa shape index (κ3) is 3.91. The Morgan fingerprint density at radius 3 is 2.25 bits per heavy atom. The fourth-order valence-electron chi connectivity index (χ4n) is 2.85. The molecular weight excluding hydrogens is 356 g/mol. The highest BCUT2D eigenvalue weighted by Crippen LogP contribution is 2.32. The number of anilines is 2. The SMILES string of the molecule is COc1ccc(N(C)c2cc(C(=O)N(C)C)cc(-c3ccc(C=O)o3)c2)cc1. The van der Waals surface area contributed by atoms with E-state index in [4.69, 9.17) is 9.15 Å². The van der Waals surface area contributed by atoms with Crippen molar-refractivity contribution in [1.29, 1.82) is 0 Å². The molecule has 28 heavy (non-hydrogen) atoms. The van der Waals surface area contributed by atoms with Crippen LogP contribution in [0.1, 0.15) is 20.9 Å². The number of carbonyl (C=O) groups excluding carboxylic acids is 2. The van der Waals surface area contributed by atoms with Gasteiger partial charge in [0.2, 0.25) is 0 Å². The molecule has 0 aliphatic rings. The molecule has 0 unspecified atom stereocenters. The quantitative estimate of drug-likeness (QED) is 0.601. The van der Waals surface area contributed by atoms with Crippen molar-refractivity contribution in [3.63, 3.8) is 0 Å². The maximum atomic E-state index is 12.6. The van der Waals surface area contributed by atoms with Crippen molar-refractivity contribution in [2.75, 3.05) is 33.2 Å². The standard InChI is InChI=1S/C22H22N2O4/c1-23(2)22(26)16-11-15(21-10-9-20(14-25)28-21)12-18(13-16)24(3)17-5-7-19(27-4)8-6-17/h5-14H,1-4H3. The van der Waals surface area contributed by atoms with Gasteiger partial charge in [-0.05, 0) is 54.6 Å². The zero-order valence-corrected chi connectivity index (χ0v) is 16.3. The average molecular weight is 378 g/mol.